The first kappa shape index (κ1) is 32.0. The minimum atomic E-state index is -0.340. The maximum Gasteiger partial charge on any atom is 0.272 e. The molecule has 1 unspecified atom stereocenters. The van der Waals surface area contributed by atoms with Gasteiger partial charge in [0.1, 0.15) is 23.0 Å². The fourth-order valence-electron chi connectivity index (χ4n) is 4.65. The molecule has 0 fully saturated rings. The molecule has 0 bridgehead atoms. The summed E-state index contributed by atoms with van der Waals surface area (Å²) in [5.74, 6) is 1.25. The van der Waals surface area contributed by atoms with Crippen LogP contribution in [0, 0.1) is 5.41 Å². The SMILES string of the molecule is C=C(CC)C/C(N)=C(/C(=N)c1ccc(NC(=O)c2cc3c(OC)cccc3[nH]2)c(OC)c1)C(=NC)NC(CC)CCN. The van der Waals surface area contributed by atoms with Gasteiger partial charge in [0.15, 0.2) is 0 Å². The number of allylic oxidation sites excluding steroid dienone is 1. The lowest BCUT2D eigenvalue weighted by molar-refractivity contribution is 0.102. The predicted octanol–water partition coefficient (Wildman–Crippen LogP) is 5.12. The molecule has 0 radical (unpaired) electrons. The molecule has 0 spiro atoms. The van der Waals surface area contributed by atoms with Gasteiger partial charge in [0.25, 0.3) is 5.91 Å². The largest absolute Gasteiger partial charge is 0.496 e. The average molecular weight is 574 g/mol. The number of nitrogens with one attached hydrogen (secondary N) is 4. The van der Waals surface area contributed by atoms with Crippen LogP contribution in [-0.2, 0) is 0 Å². The van der Waals surface area contributed by atoms with Gasteiger partial charge >= 0.3 is 0 Å². The minimum Gasteiger partial charge on any atom is -0.496 e. The average Bonchev–Trinajstić information content (AvgIpc) is 3.45. The number of anilines is 1. The quantitative estimate of drug-likeness (QED) is 0.0890. The Bertz CT molecular complexity index is 1500. The maximum atomic E-state index is 13.2. The number of amides is 1. The van der Waals surface area contributed by atoms with E-state index in [-0.39, 0.29) is 17.7 Å². The fourth-order valence-corrected chi connectivity index (χ4v) is 4.65. The van der Waals surface area contributed by atoms with E-state index in [0.717, 1.165) is 35.7 Å². The Balaban J connectivity index is 1.96. The van der Waals surface area contributed by atoms with E-state index in [2.05, 4.69) is 34.1 Å². The van der Waals surface area contributed by atoms with Gasteiger partial charge in [0.2, 0.25) is 0 Å². The van der Waals surface area contributed by atoms with Crippen molar-refractivity contribution in [2.75, 3.05) is 33.1 Å². The molecule has 0 aliphatic heterocycles. The van der Waals surface area contributed by atoms with Crippen molar-refractivity contribution in [1.82, 2.24) is 10.3 Å². The van der Waals surface area contributed by atoms with E-state index in [1.807, 2.05) is 25.1 Å². The number of nitrogens with zero attached hydrogens (tertiary/aromatic N) is 1. The molecule has 0 saturated heterocycles. The second kappa shape index (κ2) is 14.9. The van der Waals surface area contributed by atoms with Crippen molar-refractivity contribution in [1.29, 1.82) is 5.41 Å². The molecule has 0 aliphatic carbocycles. The Morgan fingerprint density at radius 2 is 1.88 bits per heavy atom. The monoisotopic (exact) mass is 573 g/mol. The van der Waals surface area contributed by atoms with Crippen LogP contribution in [0.15, 0.2) is 70.9 Å². The molecule has 3 rings (SSSR count). The molecule has 1 heterocycles. The van der Waals surface area contributed by atoms with Crippen molar-refractivity contribution < 1.29 is 14.3 Å². The van der Waals surface area contributed by atoms with Crippen LogP contribution in [0.5, 0.6) is 11.5 Å². The smallest absolute Gasteiger partial charge is 0.272 e. The van der Waals surface area contributed by atoms with Gasteiger partial charge in [-0.1, -0.05) is 38.1 Å². The molecule has 2 aromatic carbocycles. The van der Waals surface area contributed by atoms with Gasteiger partial charge in [-0.15, -0.1) is 0 Å². The summed E-state index contributed by atoms with van der Waals surface area (Å²) in [7, 11) is 4.78. The first-order valence-corrected chi connectivity index (χ1v) is 14.0. The lowest BCUT2D eigenvalue weighted by Crippen LogP contribution is -2.39. The first-order chi connectivity index (χ1) is 20.2. The summed E-state index contributed by atoms with van der Waals surface area (Å²) in [4.78, 5) is 20.8. The number of aliphatic imine (C=N–C) groups is 1. The summed E-state index contributed by atoms with van der Waals surface area (Å²) < 4.78 is 11.0. The van der Waals surface area contributed by atoms with E-state index in [9.17, 15) is 10.2 Å². The van der Waals surface area contributed by atoms with Crippen LogP contribution in [-0.4, -0.2) is 56.3 Å². The lowest BCUT2D eigenvalue weighted by Gasteiger charge is -2.23. The van der Waals surface area contributed by atoms with Gasteiger partial charge in [0, 0.05) is 41.7 Å². The predicted molar refractivity (Wildman–Crippen MR) is 172 cm³/mol. The van der Waals surface area contributed by atoms with Crippen molar-refractivity contribution in [3.63, 3.8) is 0 Å². The summed E-state index contributed by atoms with van der Waals surface area (Å²) in [6.07, 6.45) is 2.79. The number of H-pyrrole nitrogens is 1. The molecule has 42 heavy (non-hydrogen) atoms. The lowest BCUT2D eigenvalue weighted by atomic mass is 9.95. The number of fused-ring (bicyclic) bond motifs is 1. The summed E-state index contributed by atoms with van der Waals surface area (Å²) in [5, 5.41) is 16.4. The van der Waals surface area contributed by atoms with Crippen LogP contribution in [0.25, 0.3) is 10.9 Å². The van der Waals surface area contributed by atoms with Crippen molar-refractivity contribution in [3.8, 4) is 11.5 Å². The molecule has 224 valence electrons. The van der Waals surface area contributed by atoms with E-state index in [1.165, 1.54) is 7.11 Å². The van der Waals surface area contributed by atoms with E-state index < -0.39 is 0 Å². The van der Waals surface area contributed by atoms with Gasteiger partial charge in [-0.05, 0) is 56.1 Å². The van der Waals surface area contributed by atoms with Gasteiger partial charge in [-0.3, -0.25) is 15.2 Å². The first-order valence-electron chi connectivity index (χ1n) is 14.0. The molecular weight excluding hydrogens is 530 g/mol. The maximum absolute atomic E-state index is 13.2. The van der Waals surface area contributed by atoms with Crippen LogP contribution in [0.3, 0.4) is 0 Å². The fraction of sp³-hybridized carbons (Fsp3) is 0.344. The van der Waals surface area contributed by atoms with E-state index in [1.54, 1.807) is 38.4 Å². The van der Waals surface area contributed by atoms with E-state index in [4.69, 9.17) is 20.9 Å². The number of carbonyl (C=O) groups is 1. The van der Waals surface area contributed by atoms with Crippen LogP contribution in [0.2, 0.25) is 0 Å². The Hall–Kier alpha value is -4.57. The zero-order chi connectivity index (χ0) is 30.8. The van der Waals surface area contributed by atoms with Crippen LogP contribution >= 0.6 is 0 Å². The third-order valence-corrected chi connectivity index (χ3v) is 7.15. The molecule has 0 saturated carbocycles. The summed E-state index contributed by atoms with van der Waals surface area (Å²) in [5.41, 5.74) is 16.7. The molecule has 3 aromatic rings. The Kier molecular flexibility index (Phi) is 11.3. The zero-order valence-electron chi connectivity index (χ0n) is 25.2. The second-order valence-electron chi connectivity index (χ2n) is 9.93. The minimum absolute atomic E-state index is 0.0791. The molecular formula is C32H43N7O3. The Morgan fingerprint density at radius 3 is 2.50 bits per heavy atom. The third kappa shape index (κ3) is 7.38. The van der Waals surface area contributed by atoms with Crippen molar-refractivity contribution >= 4 is 34.0 Å². The number of methoxy groups -OCH3 is 2. The van der Waals surface area contributed by atoms with Crippen LogP contribution < -0.4 is 31.6 Å². The highest BCUT2D eigenvalue weighted by atomic mass is 16.5. The topological polar surface area (TPSA) is 164 Å². The number of ether oxygens (including phenoxy) is 2. The molecule has 1 atom stereocenters. The standard InChI is InChI=1S/C32H43N7O3/c1-7-19(3)16-23(34)29(31(36-4)37-21(8-2)14-15-33)30(35)20-12-13-25(28(17-20)42-6)39-32(40)26-18-22-24(38-26)10-9-11-27(22)41-5/h9-13,17-18,21,35,38H,3,7-8,14-16,33-34H2,1-2,4-6H3,(H,36,37)(H,39,40)/b29-23+,35-30?. The molecule has 10 nitrogen and oxygen atoms in total. The number of rotatable bonds is 14. The second-order valence-corrected chi connectivity index (χ2v) is 9.93. The number of hydrogen-bond donors (Lipinski definition) is 6. The number of carbonyl (C=O) groups excluding carboxylic acids is 1. The van der Waals surface area contributed by atoms with Gasteiger partial charge in [0.05, 0.1) is 31.2 Å². The molecule has 0 aliphatic rings. The Labute approximate surface area is 247 Å². The van der Waals surface area contributed by atoms with Gasteiger partial charge in [-0.25, -0.2) is 0 Å². The van der Waals surface area contributed by atoms with Crippen molar-refractivity contribution in [2.24, 2.45) is 16.5 Å². The molecule has 10 heteroatoms. The van der Waals surface area contributed by atoms with Gasteiger partial charge < -0.3 is 36.6 Å². The number of nitrogens with two attached hydrogens (primary N) is 2. The molecule has 1 aromatic heterocycles. The molecule has 8 N–H and O–H groups in total. The number of amidine groups is 1. The third-order valence-electron chi connectivity index (χ3n) is 7.15. The van der Waals surface area contributed by atoms with E-state index in [0.29, 0.717) is 58.5 Å². The van der Waals surface area contributed by atoms with E-state index >= 15 is 0 Å². The highest BCUT2D eigenvalue weighted by Crippen LogP contribution is 2.30. The number of benzene rings is 2. The molecule has 1 amide bonds. The van der Waals surface area contributed by atoms with Crippen molar-refractivity contribution in [2.45, 2.75) is 45.6 Å². The normalized spacial score (nSPS) is 12.9. The highest BCUT2D eigenvalue weighted by molar-refractivity contribution is 6.29. The summed E-state index contributed by atoms with van der Waals surface area (Å²) in [6.45, 7) is 8.72. The van der Waals surface area contributed by atoms with Crippen LogP contribution in [0.1, 0.15) is 55.6 Å². The summed E-state index contributed by atoms with van der Waals surface area (Å²) >= 11 is 0. The Morgan fingerprint density at radius 1 is 1.14 bits per heavy atom. The van der Waals surface area contributed by atoms with Gasteiger partial charge in [-0.2, -0.15) is 0 Å². The summed E-state index contributed by atoms with van der Waals surface area (Å²) in [6, 6.07) is 12.6. The zero-order valence-corrected chi connectivity index (χ0v) is 25.2. The van der Waals surface area contributed by atoms with Crippen molar-refractivity contribution in [3.05, 3.63) is 77.1 Å². The highest BCUT2D eigenvalue weighted by Gasteiger charge is 2.22. The number of hydrogen-bond acceptors (Lipinski definition) is 7. The number of aromatic nitrogens is 1. The van der Waals surface area contributed by atoms with Crippen LogP contribution in [0.4, 0.5) is 5.69 Å². The number of aromatic amines is 1.